The van der Waals surface area contributed by atoms with Crippen LogP contribution in [0.4, 0.5) is 0 Å². The van der Waals surface area contributed by atoms with Crippen LogP contribution in [0.5, 0.6) is 0 Å². The lowest BCUT2D eigenvalue weighted by molar-refractivity contribution is 0.610. The van der Waals surface area contributed by atoms with Crippen molar-refractivity contribution in [3.05, 3.63) is 35.9 Å². The van der Waals surface area contributed by atoms with Gasteiger partial charge in [0.2, 0.25) is 9.64 Å². The Morgan fingerprint density at radius 1 is 1.25 bits per heavy atom. The Balaban J connectivity index is 2.80. The van der Waals surface area contributed by atoms with Crippen molar-refractivity contribution in [2.24, 2.45) is 11.1 Å². The van der Waals surface area contributed by atoms with E-state index in [-0.39, 0.29) is 0 Å². The Kier molecular flexibility index (Phi) is 4.90. The van der Waals surface area contributed by atoms with Gasteiger partial charge in [0, 0.05) is 13.3 Å². The molecule has 16 heavy (non-hydrogen) atoms. The highest BCUT2D eigenvalue weighted by Crippen LogP contribution is 2.45. The summed E-state index contributed by atoms with van der Waals surface area (Å²) in [7, 11) is -4.56. The molecule has 0 amide bonds. The molecule has 1 aromatic carbocycles. The van der Waals surface area contributed by atoms with Gasteiger partial charge >= 0.3 is 0 Å². The first kappa shape index (κ1) is 13.6. The van der Waals surface area contributed by atoms with Crippen LogP contribution in [-0.2, 0) is 15.8 Å². The van der Waals surface area contributed by atoms with Crippen molar-refractivity contribution in [3.8, 4) is 0 Å². The number of benzene rings is 1. The largest absolute Gasteiger partial charge is 0.226 e. The molecule has 0 fully saturated rings. The molecule has 0 bridgehead atoms. The fourth-order valence-electron chi connectivity index (χ4n) is 1.45. The second kappa shape index (κ2) is 5.76. The molecular weight excluding hydrogens is 241 g/mol. The normalized spacial score (nSPS) is 14.0. The molecule has 1 unspecified atom stereocenters. The molecule has 0 heterocycles. The lowest BCUT2D eigenvalue weighted by Crippen LogP contribution is -2.14. The van der Waals surface area contributed by atoms with Crippen LogP contribution in [0.2, 0.25) is 0 Å². The minimum Gasteiger partial charge on any atom is -0.226 e. The maximum absolute atomic E-state index is 11.5. The number of hydrogen-bond acceptors (Lipinski definition) is 2. The smallest absolute Gasteiger partial charge is 0.225 e. The summed E-state index contributed by atoms with van der Waals surface area (Å²) in [5.74, 6) is 0.355. The van der Waals surface area contributed by atoms with Crippen molar-refractivity contribution in [2.75, 3.05) is 6.16 Å². The van der Waals surface area contributed by atoms with E-state index in [1.807, 2.05) is 44.2 Å². The molecule has 5 heteroatoms. The molecule has 0 aliphatic carbocycles. The zero-order chi connectivity index (χ0) is 12.2. The van der Waals surface area contributed by atoms with Crippen LogP contribution in [0.25, 0.3) is 0 Å². The molecule has 2 N–H and O–H groups in total. The third kappa shape index (κ3) is 4.60. The van der Waals surface area contributed by atoms with E-state index in [1.54, 1.807) is 0 Å². The summed E-state index contributed by atoms with van der Waals surface area (Å²) in [5.41, 5.74) is 1.04. The fourth-order valence-corrected chi connectivity index (χ4v) is 5.91. The van der Waals surface area contributed by atoms with Gasteiger partial charge in [-0.05, 0) is 17.6 Å². The van der Waals surface area contributed by atoms with Crippen molar-refractivity contribution in [1.29, 1.82) is 0 Å². The lowest BCUT2D eigenvalue weighted by atomic mass is 10.2. The maximum atomic E-state index is 11.5. The first-order valence-corrected chi connectivity index (χ1v) is 9.07. The highest BCUT2D eigenvalue weighted by molar-refractivity contribution is 8.48. The minimum absolute atomic E-state index is 0.355. The zero-order valence-corrected chi connectivity index (χ0v) is 11.3. The van der Waals surface area contributed by atoms with Crippen LogP contribution in [0, 0.1) is 5.92 Å². The summed E-state index contributed by atoms with van der Waals surface area (Å²) in [5, 5.41) is 5.28. The molecule has 0 saturated heterocycles. The van der Waals surface area contributed by atoms with Crippen molar-refractivity contribution < 1.29 is 8.42 Å². The molecule has 0 saturated carbocycles. The molecular formula is C11H18NO2PS. The summed E-state index contributed by atoms with van der Waals surface area (Å²) in [6.45, 7) is 4.04. The van der Waals surface area contributed by atoms with Gasteiger partial charge < -0.3 is 0 Å². The zero-order valence-electron chi connectivity index (χ0n) is 9.63. The van der Waals surface area contributed by atoms with Crippen molar-refractivity contribution in [1.82, 2.24) is 0 Å². The van der Waals surface area contributed by atoms with E-state index >= 15 is 0 Å². The highest BCUT2D eigenvalue weighted by Gasteiger charge is 2.22. The monoisotopic (exact) mass is 259 g/mol. The SMILES string of the molecule is CC(C)CP(Cc1ccccc1)S(N)(=O)=O. The number of nitrogens with two attached hydrogens (primary N) is 1. The van der Waals surface area contributed by atoms with Gasteiger partial charge in [0.25, 0.3) is 0 Å². The summed E-state index contributed by atoms with van der Waals surface area (Å²) in [4.78, 5) is 0. The van der Waals surface area contributed by atoms with Gasteiger partial charge in [0.1, 0.15) is 0 Å². The summed E-state index contributed by atoms with van der Waals surface area (Å²) < 4.78 is 23.0. The van der Waals surface area contributed by atoms with Crippen LogP contribution >= 0.6 is 7.12 Å². The Morgan fingerprint density at radius 3 is 2.25 bits per heavy atom. The highest BCUT2D eigenvalue weighted by atomic mass is 32.8. The maximum Gasteiger partial charge on any atom is 0.225 e. The van der Waals surface area contributed by atoms with Gasteiger partial charge in [-0.3, -0.25) is 0 Å². The van der Waals surface area contributed by atoms with E-state index in [9.17, 15) is 8.42 Å². The van der Waals surface area contributed by atoms with Crippen LogP contribution in [0.3, 0.4) is 0 Å². The summed E-state index contributed by atoms with van der Waals surface area (Å²) in [6.07, 6.45) is 1.23. The van der Waals surface area contributed by atoms with Crippen LogP contribution in [0.1, 0.15) is 19.4 Å². The Morgan fingerprint density at radius 2 is 1.81 bits per heavy atom. The van der Waals surface area contributed by atoms with Gasteiger partial charge in [-0.25, -0.2) is 13.6 Å². The fraction of sp³-hybridized carbons (Fsp3) is 0.455. The van der Waals surface area contributed by atoms with Crippen LogP contribution < -0.4 is 5.14 Å². The molecule has 1 aromatic rings. The van der Waals surface area contributed by atoms with E-state index in [4.69, 9.17) is 5.14 Å². The van der Waals surface area contributed by atoms with Gasteiger partial charge in [0.05, 0.1) is 0 Å². The second-order valence-corrected chi connectivity index (χ2v) is 9.97. The van der Waals surface area contributed by atoms with Gasteiger partial charge in [-0.2, -0.15) is 0 Å². The van der Waals surface area contributed by atoms with E-state index in [1.165, 1.54) is 0 Å². The molecule has 0 spiro atoms. The Bertz CT molecular complexity index is 417. The quantitative estimate of drug-likeness (QED) is 0.826. The van der Waals surface area contributed by atoms with Gasteiger partial charge in [-0.1, -0.05) is 44.2 Å². The average Bonchev–Trinajstić information content (AvgIpc) is 2.16. The first-order valence-electron chi connectivity index (χ1n) is 5.21. The molecule has 0 radical (unpaired) electrons. The molecule has 1 rings (SSSR count). The Hall–Kier alpha value is -0.440. The number of hydrogen-bond donors (Lipinski definition) is 1. The standard InChI is InChI=1S/C11H18NO2PS/c1-10(2)8-15(16(12,13)14)9-11-6-4-3-5-7-11/h3-7,10H,8-9H2,1-2H3,(H2,12,13,14). The van der Waals surface area contributed by atoms with Gasteiger partial charge in [-0.15, -0.1) is 0 Å². The van der Waals surface area contributed by atoms with E-state index in [2.05, 4.69) is 0 Å². The summed E-state index contributed by atoms with van der Waals surface area (Å²) >= 11 is 0. The molecule has 0 aliphatic heterocycles. The van der Waals surface area contributed by atoms with Crippen molar-refractivity contribution in [3.63, 3.8) is 0 Å². The predicted molar refractivity (Wildman–Crippen MR) is 69.9 cm³/mol. The predicted octanol–water partition coefficient (Wildman–Crippen LogP) is 2.53. The molecule has 90 valence electrons. The van der Waals surface area contributed by atoms with Gasteiger partial charge in [0.15, 0.2) is 0 Å². The molecule has 0 aromatic heterocycles. The second-order valence-electron chi connectivity index (χ2n) is 4.22. The first-order chi connectivity index (χ1) is 7.39. The topological polar surface area (TPSA) is 60.2 Å². The van der Waals surface area contributed by atoms with Crippen molar-refractivity contribution in [2.45, 2.75) is 20.0 Å². The van der Waals surface area contributed by atoms with E-state index in [0.29, 0.717) is 18.2 Å². The summed E-state index contributed by atoms with van der Waals surface area (Å²) in [6, 6.07) is 9.65. The van der Waals surface area contributed by atoms with Crippen LogP contribution in [-0.4, -0.2) is 14.6 Å². The lowest BCUT2D eigenvalue weighted by Gasteiger charge is -2.17. The number of rotatable bonds is 5. The van der Waals surface area contributed by atoms with E-state index in [0.717, 1.165) is 5.56 Å². The average molecular weight is 259 g/mol. The third-order valence-corrected chi connectivity index (χ3v) is 7.70. The molecule has 3 nitrogen and oxygen atoms in total. The van der Waals surface area contributed by atoms with E-state index < -0.39 is 16.8 Å². The van der Waals surface area contributed by atoms with Crippen molar-refractivity contribution >= 4 is 16.8 Å². The molecule has 1 atom stereocenters. The van der Waals surface area contributed by atoms with Crippen LogP contribution in [0.15, 0.2) is 30.3 Å². The molecule has 0 aliphatic rings. The third-order valence-electron chi connectivity index (χ3n) is 2.13. The Labute approximate surface area is 98.6 Å². The minimum atomic E-state index is -3.39.